The molecule has 1 aromatic heterocycles. The van der Waals surface area contributed by atoms with E-state index in [9.17, 15) is 9.59 Å². The Hall–Kier alpha value is -2.10. The van der Waals surface area contributed by atoms with Crippen LogP contribution >= 0.6 is 0 Å². The maximum absolute atomic E-state index is 12.5. The van der Waals surface area contributed by atoms with Crippen molar-refractivity contribution in [2.24, 2.45) is 0 Å². The molecule has 0 unspecified atom stereocenters. The van der Waals surface area contributed by atoms with Crippen molar-refractivity contribution in [2.75, 3.05) is 5.32 Å². The lowest BCUT2D eigenvalue weighted by atomic mass is 9.95. The van der Waals surface area contributed by atoms with E-state index in [1.54, 1.807) is 0 Å². The highest BCUT2D eigenvalue weighted by atomic mass is 16.1. The maximum atomic E-state index is 12.5. The van der Waals surface area contributed by atoms with Gasteiger partial charge in [0.15, 0.2) is 5.78 Å². The van der Waals surface area contributed by atoms with Gasteiger partial charge in [-0.15, -0.1) is 0 Å². The Kier molecular flexibility index (Phi) is 4.51. The predicted molar refractivity (Wildman–Crippen MR) is 93.0 cm³/mol. The summed E-state index contributed by atoms with van der Waals surface area (Å²) in [6.45, 7) is 3.45. The van der Waals surface area contributed by atoms with Crippen LogP contribution in [0.3, 0.4) is 0 Å². The fraction of sp³-hybridized carbons (Fsp3) is 0.474. The fourth-order valence-corrected chi connectivity index (χ4v) is 3.64. The van der Waals surface area contributed by atoms with Crippen molar-refractivity contribution in [3.05, 3.63) is 29.3 Å². The summed E-state index contributed by atoms with van der Waals surface area (Å²) < 4.78 is 0. The van der Waals surface area contributed by atoms with Crippen LogP contribution in [0, 0.1) is 0 Å². The number of rotatable bonds is 5. The second-order valence-corrected chi connectivity index (χ2v) is 6.52. The van der Waals surface area contributed by atoms with Crippen molar-refractivity contribution in [3.8, 4) is 0 Å². The number of carbonyl (C=O) groups excluding carboxylic acids is 2. The van der Waals surface area contributed by atoms with Gasteiger partial charge in [0, 0.05) is 24.2 Å². The van der Waals surface area contributed by atoms with Crippen LogP contribution in [0.2, 0.25) is 0 Å². The third kappa shape index (κ3) is 3.16. The molecule has 0 bridgehead atoms. The molecule has 23 heavy (non-hydrogen) atoms. The molecule has 1 aromatic carbocycles. The quantitative estimate of drug-likeness (QED) is 0.781. The predicted octanol–water partition coefficient (Wildman–Crippen LogP) is 4.77. The molecule has 1 fully saturated rings. The molecular formula is C19H24N2O2. The van der Waals surface area contributed by atoms with E-state index in [1.165, 1.54) is 38.2 Å². The van der Waals surface area contributed by atoms with E-state index in [-0.39, 0.29) is 11.7 Å². The normalized spacial score (nSPS) is 15.2. The SMILES string of the molecule is CCCC(=O)c1c(NC(C)=O)[nH]c2cc(C3CCCC3)ccc12. The number of anilines is 1. The molecule has 2 aromatic rings. The van der Waals surface area contributed by atoms with Crippen LogP contribution < -0.4 is 5.32 Å². The van der Waals surface area contributed by atoms with Gasteiger partial charge in [0.05, 0.1) is 5.56 Å². The largest absolute Gasteiger partial charge is 0.341 e. The molecule has 1 aliphatic carbocycles. The minimum absolute atomic E-state index is 0.0797. The van der Waals surface area contributed by atoms with Crippen LogP contribution in [-0.2, 0) is 4.79 Å². The van der Waals surface area contributed by atoms with Gasteiger partial charge in [-0.05, 0) is 36.8 Å². The highest BCUT2D eigenvalue weighted by molar-refractivity contribution is 6.14. The van der Waals surface area contributed by atoms with E-state index in [1.807, 2.05) is 13.0 Å². The van der Waals surface area contributed by atoms with Gasteiger partial charge < -0.3 is 10.3 Å². The first-order valence-electron chi connectivity index (χ1n) is 8.56. The molecule has 3 rings (SSSR count). The van der Waals surface area contributed by atoms with Gasteiger partial charge in [-0.3, -0.25) is 9.59 Å². The summed E-state index contributed by atoms with van der Waals surface area (Å²) in [6, 6.07) is 6.33. The third-order valence-corrected chi connectivity index (χ3v) is 4.71. The third-order valence-electron chi connectivity index (χ3n) is 4.71. The van der Waals surface area contributed by atoms with Gasteiger partial charge in [-0.1, -0.05) is 31.9 Å². The van der Waals surface area contributed by atoms with Gasteiger partial charge in [-0.25, -0.2) is 0 Å². The minimum Gasteiger partial charge on any atom is -0.341 e. The molecular weight excluding hydrogens is 288 g/mol. The number of aromatic amines is 1. The standard InChI is InChI=1S/C19H24N2O2/c1-3-6-17(23)18-15-10-9-14(13-7-4-5-8-13)11-16(15)21-19(18)20-12(2)22/h9-11,13,21H,3-8H2,1-2H3,(H,20,22). The number of H-pyrrole nitrogens is 1. The van der Waals surface area contributed by atoms with Crippen LogP contribution in [0.5, 0.6) is 0 Å². The van der Waals surface area contributed by atoms with Crippen molar-refractivity contribution in [1.29, 1.82) is 0 Å². The zero-order chi connectivity index (χ0) is 16.4. The molecule has 0 radical (unpaired) electrons. The lowest BCUT2D eigenvalue weighted by molar-refractivity contribution is -0.114. The average Bonchev–Trinajstić information content (AvgIpc) is 3.13. The number of Topliss-reactive ketones (excluding diaryl/α,β-unsaturated/α-hetero) is 1. The summed E-state index contributed by atoms with van der Waals surface area (Å²) in [5.41, 5.74) is 2.90. The first kappa shape index (κ1) is 15.8. The molecule has 122 valence electrons. The number of nitrogens with one attached hydrogen (secondary N) is 2. The summed E-state index contributed by atoms with van der Waals surface area (Å²) in [6.07, 6.45) is 6.36. The summed E-state index contributed by atoms with van der Waals surface area (Å²) in [5.74, 6) is 1.07. The van der Waals surface area contributed by atoms with E-state index in [2.05, 4.69) is 22.4 Å². The average molecular weight is 312 g/mol. The van der Waals surface area contributed by atoms with Gasteiger partial charge >= 0.3 is 0 Å². The summed E-state index contributed by atoms with van der Waals surface area (Å²) in [4.78, 5) is 27.2. The second-order valence-electron chi connectivity index (χ2n) is 6.52. The Labute approximate surface area is 136 Å². The molecule has 4 heteroatoms. The number of aromatic nitrogens is 1. The Morgan fingerprint density at radius 3 is 2.65 bits per heavy atom. The molecule has 1 amide bonds. The minimum atomic E-state index is -0.168. The molecule has 1 heterocycles. The van der Waals surface area contributed by atoms with Crippen LogP contribution in [-0.4, -0.2) is 16.7 Å². The highest BCUT2D eigenvalue weighted by Crippen LogP contribution is 2.37. The topological polar surface area (TPSA) is 62.0 Å². The summed E-state index contributed by atoms with van der Waals surface area (Å²) >= 11 is 0. The van der Waals surface area contributed by atoms with Crippen molar-refractivity contribution in [3.63, 3.8) is 0 Å². The van der Waals surface area contributed by atoms with Crippen molar-refractivity contribution in [2.45, 2.75) is 58.3 Å². The van der Waals surface area contributed by atoms with Crippen LogP contribution in [0.4, 0.5) is 5.82 Å². The lowest BCUT2D eigenvalue weighted by Gasteiger charge is -2.09. The lowest BCUT2D eigenvalue weighted by Crippen LogP contribution is -2.10. The first-order valence-corrected chi connectivity index (χ1v) is 8.56. The Balaban J connectivity index is 2.06. The number of ketones is 1. The van der Waals surface area contributed by atoms with E-state index in [4.69, 9.17) is 0 Å². The van der Waals surface area contributed by atoms with Gasteiger partial charge in [0.2, 0.25) is 5.91 Å². The molecule has 1 aliphatic rings. The Morgan fingerprint density at radius 2 is 2.00 bits per heavy atom. The summed E-state index contributed by atoms with van der Waals surface area (Å²) in [5, 5.41) is 3.69. The molecule has 0 spiro atoms. The van der Waals surface area contributed by atoms with Crippen LogP contribution in [0.15, 0.2) is 18.2 Å². The van der Waals surface area contributed by atoms with E-state index >= 15 is 0 Å². The second kappa shape index (κ2) is 6.57. The Morgan fingerprint density at radius 1 is 1.26 bits per heavy atom. The van der Waals surface area contributed by atoms with Crippen LogP contribution in [0.1, 0.15) is 74.2 Å². The number of fused-ring (bicyclic) bond motifs is 1. The number of hydrogen-bond acceptors (Lipinski definition) is 2. The van der Waals surface area contributed by atoms with Gasteiger partial charge in [0.1, 0.15) is 5.82 Å². The molecule has 2 N–H and O–H groups in total. The van der Waals surface area contributed by atoms with Crippen molar-refractivity contribution >= 4 is 28.4 Å². The van der Waals surface area contributed by atoms with Crippen LogP contribution in [0.25, 0.3) is 10.9 Å². The first-order chi connectivity index (χ1) is 11.1. The number of benzene rings is 1. The molecule has 0 atom stereocenters. The number of carbonyl (C=O) groups is 2. The smallest absolute Gasteiger partial charge is 0.222 e. The van der Waals surface area contributed by atoms with Crippen molar-refractivity contribution < 1.29 is 9.59 Å². The molecule has 0 saturated heterocycles. The van der Waals surface area contributed by atoms with Gasteiger partial charge in [0.25, 0.3) is 0 Å². The summed E-state index contributed by atoms with van der Waals surface area (Å²) in [7, 11) is 0. The highest BCUT2D eigenvalue weighted by Gasteiger charge is 2.21. The van der Waals surface area contributed by atoms with E-state index in [0.717, 1.165) is 17.3 Å². The Bertz CT molecular complexity index is 739. The monoisotopic (exact) mass is 312 g/mol. The van der Waals surface area contributed by atoms with Crippen molar-refractivity contribution in [1.82, 2.24) is 4.98 Å². The molecule has 0 aliphatic heterocycles. The van der Waals surface area contributed by atoms with E-state index in [0.29, 0.717) is 23.7 Å². The van der Waals surface area contributed by atoms with E-state index < -0.39 is 0 Å². The number of amides is 1. The molecule has 1 saturated carbocycles. The zero-order valence-electron chi connectivity index (χ0n) is 13.9. The number of hydrogen-bond donors (Lipinski definition) is 2. The fourth-order valence-electron chi connectivity index (χ4n) is 3.64. The maximum Gasteiger partial charge on any atom is 0.222 e. The van der Waals surface area contributed by atoms with Gasteiger partial charge in [-0.2, -0.15) is 0 Å². The molecule has 4 nitrogen and oxygen atoms in total. The zero-order valence-corrected chi connectivity index (χ0v) is 13.9.